The molecule has 0 nitrogen and oxygen atoms in total. The average Bonchev–Trinajstić information content (AvgIpc) is 3.01. The number of benzene rings is 3. The van der Waals surface area contributed by atoms with Crippen molar-refractivity contribution in [2.45, 2.75) is 82.0 Å². The molecular weight excluding hydrogens is 477 g/mol. The Morgan fingerprint density at radius 2 is 1.03 bits per heavy atom. The number of allylic oxidation sites excluding steroid dienone is 4. The molecule has 194 valence electrons. The summed E-state index contributed by atoms with van der Waals surface area (Å²) in [6.07, 6.45) is 0. The first-order chi connectivity index (χ1) is 17.2. The minimum absolute atomic E-state index is 0.433. The third kappa shape index (κ3) is 4.57. The molecule has 0 heterocycles. The van der Waals surface area contributed by atoms with Crippen molar-refractivity contribution in [1.29, 1.82) is 0 Å². The highest BCUT2D eigenvalue weighted by Gasteiger charge is 2.49. The molecule has 3 aromatic rings. The van der Waals surface area contributed by atoms with Crippen molar-refractivity contribution < 1.29 is 0 Å². The molecule has 1 aliphatic rings. The largest absolute Gasteiger partial charge is 0.177 e. The Bertz CT molecular complexity index is 1390. The van der Waals surface area contributed by atoms with Gasteiger partial charge in [-0.3, -0.25) is 0 Å². The molecule has 0 bridgehead atoms. The Labute approximate surface area is 228 Å². The van der Waals surface area contributed by atoms with Gasteiger partial charge in [0.2, 0.25) is 0 Å². The van der Waals surface area contributed by atoms with Crippen LogP contribution in [-0.4, -0.2) is 16.1 Å². The Hall–Kier alpha value is -2.43. The zero-order chi connectivity index (χ0) is 27.4. The Balaban J connectivity index is 2.33. The molecule has 0 saturated carbocycles. The lowest BCUT2D eigenvalue weighted by Gasteiger charge is -2.41. The van der Waals surface area contributed by atoms with Crippen molar-refractivity contribution in [1.82, 2.24) is 0 Å². The summed E-state index contributed by atoms with van der Waals surface area (Å²) in [6, 6.07) is 22.1. The van der Waals surface area contributed by atoms with Gasteiger partial charge in [0, 0.05) is 0 Å². The molecule has 0 N–H and O–H groups in total. The monoisotopic (exact) mass is 522 g/mol. The molecule has 1 atom stereocenters. The van der Waals surface area contributed by atoms with E-state index in [2.05, 4.69) is 137 Å². The van der Waals surface area contributed by atoms with Gasteiger partial charge in [0.1, 0.15) is 0 Å². The first-order valence-electron chi connectivity index (χ1n) is 13.9. The average molecular weight is 523 g/mol. The smallest absolute Gasteiger partial charge is 0.0656 e. The minimum atomic E-state index is -2.63. The zero-order valence-corrected chi connectivity index (χ0v) is 27.3. The van der Waals surface area contributed by atoms with Crippen LogP contribution in [0, 0.1) is 40.5 Å². The predicted molar refractivity (Wildman–Crippen MR) is 171 cm³/mol. The summed E-state index contributed by atoms with van der Waals surface area (Å²) >= 11 is 0. The predicted octanol–water partition coefficient (Wildman–Crippen LogP) is 7.09. The summed E-state index contributed by atoms with van der Waals surface area (Å²) in [7, 11) is -4.16. The number of hydrogen-bond acceptors (Lipinski definition) is 0. The normalized spacial score (nSPS) is 16.7. The van der Waals surface area contributed by atoms with E-state index in [4.69, 9.17) is 0 Å². The maximum atomic E-state index is 2.64. The van der Waals surface area contributed by atoms with Crippen LogP contribution in [0.3, 0.4) is 0 Å². The summed E-state index contributed by atoms with van der Waals surface area (Å²) in [4.78, 5) is 0. The van der Waals surface area contributed by atoms with Crippen LogP contribution in [0.2, 0.25) is 19.6 Å². The van der Waals surface area contributed by atoms with Gasteiger partial charge in [-0.1, -0.05) is 131 Å². The van der Waals surface area contributed by atoms with E-state index in [0.29, 0.717) is 5.92 Å². The van der Waals surface area contributed by atoms with E-state index in [1.807, 2.05) is 0 Å². The van der Waals surface area contributed by atoms with Crippen molar-refractivity contribution in [3.05, 3.63) is 104 Å². The van der Waals surface area contributed by atoms with E-state index in [-0.39, 0.29) is 0 Å². The van der Waals surface area contributed by atoms with E-state index in [1.165, 1.54) is 44.5 Å². The van der Waals surface area contributed by atoms with Gasteiger partial charge < -0.3 is 0 Å². The maximum Gasteiger partial charge on any atom is 0.177 e. The second kappa shape index (κ2) is 9.71. The first kappa shape index (κ1) is 27.6. The molecule has 0 radical (unpaired) electrons. The fourth-order valence-corrected chi connectivity index (χ4v) is 14.5. The minimum Gasteiger partial charge on any atom is -0.0656 e. The second-order valence-corrected chi connectivity index (χ2v) is 21.6. The highest BCUT2D eigenvalue weighted by Crippen LogP contribution is 2.42. The Morgan fingerprint density at radius 1 is 0.541 bits per heavy atom. The van der Waals surface area contributed by atoms with Crippen LogP contribution < -0.4 is 20.7 Å². The lowest BCUT2D eigenvalue weighted by Crippen LogP contribution is -2.71. The molecule has 0 saturated heterocycles. The van der Waals surface area contributed by atoms with Crippen LogP contribution in [0.25, 0.3) is 0 Å². The second-order valence-electron chi connectivity index (χ2n) is 12.8. The molecule has 0 amide bonds. The van der Waals surface area contributed by atoms with Crippen molar-refractivity contribution >= 4 is 36.9 Å². The van der Waals surface area contributed by atoms with Crippen LogP contribution in [0.1, 0.15) is 55.5 Å². The van der Waals surface area contributed by atoms with Crippen molar-refractivity contribution in [3.63, 3.8) is 0 Å². The van der Waals surface area contributed by atoms with Crippen molar-refractivity contribution in [2.24, 2.45) is 5.92 Å². The number of hydrogen-bond donors (Lipinski definition) is 0. The molecular formula is C35H46Si2. The van der Waals surface area contributed by atoms with Crippen molar-refractivity contribution in [3.8, 4) is 0 Å². The van der Waals surface area contributed by atoms with Gasteiger partial charge in [-0.25, -0.2) is 0 Å². The van der Waals surface area contributed by atoms with Gasteiger partial charge in [0.05, 0.1) is 8.07 Å². The van der Waals surface area contributed by atoms with Gasteiger partial charge in [0.25, 0.3) is 0 Å². The molecule has 1 aliphatic carbocycles. The third-order valence-electron chi connectivity index (χ3n) is 9.02. The molecule has 3 aromatic carbocycles. The summed E-state index contributed by atoms with van der Waals surface area (Å²) in [5, 5.41) is 7.96. The Morgan fingerprint density at radius 3 is 1.46 bits per heavy atom. The third-order valence-corrected chi connectivity index (χ3v) is 16.5. The fraction of sp³-hybridized carbons (Fsp3) is 0.371. The molecule has 0 aliphatic heterocycles. The summed E-state index contributed by atoms with van der Waals surface area (Å²) in [5.41, 5.74) is 11.5. The van der Waals surface area contributed by atoms with Crippen LogP contribution >= 0.6 is 0 Å². The number of rotatable bonds is 5. The summed E-state index contributed by atoms with van der Waals surface area (Å²) < 4.78 is 0. The van der Waals surface area contributed by atoms with Gasteiger partial charge >= 0.3 is 0 Å². The topological polar surface area (TPSA) is 0 Å². The van der Waals surface area contributed by atoms with E-state index in [9.17, 15) is 0 Å². The number of aryl methyl sites for hydroxylation is 5. The van der Waals surface area contributed by atoms with E-state index in [0.717, 1.165) is 0 Å². The van der Waals surface area contributed by atoms with E-state index in [1.54, 1.807) is 25.9 Å². The molecule has 4 rings (SSSR count). The highest BCUT2D eigenvalue weighted by atomic mass is 28.3. The van der Waals surface area contributed by atoms with Crippen LogP contribution in [0.5, 0.6) is 0 Å². The van der Waals surface area contributed by atoms with Gasteiger partial charge in [-0.15, -0.1) is 0 Å². The summed E-state index contributed by atoms with van der Waals surface area (Å²) in [5.74, 6) is 0.433. The van der Waals surface area contributed by atoms with Crippen LogP contribution in [0.4, 0.5) is 0 Å². The molecule has 0 spiro atoms. The van der Waals surface area contributed by atoms with E-state index >= 15 is 0 Å². The highest BCUT2D eigenvalue weighted by molar-refractivity contribution is 7.17. The standard InChI is InChI=1S/C35H46Si2/c1-22-13-15-25(4)33(19-22)37(34-20-23(2)14-16-26(34)5,35-29(8)27(6)28(7)30(35)9)32-18-24(3)17-31(21-32)36(10,11)12/h13-21,29H,1-12H3. The molecule has 0 aromatic heterocycles. The van der Waals surface area contributed by atoms with Gasteiger partial charge in [-0.05, 0) is 82.4 Å². The van der Waals surface area contributed by atoms with Gasteiger partial charge in [-0.2, -0.15) is 0 Å². The first-order valence-corrected chi connectivity index (χ1v) is 19.4. The Kier molecular flexibility index (Phi) is 7.24. The summed E-state index contributed by atoms with van der Waals surface area (Å²) in [6.45, 7) is 28.6. The molecule has 37 heavy (non-hydrogen) atoms. The molecule has 2 heteroatoms. The lowest BCUT2D eigenvalue weighted by atomic mass is 10.1. The van der Waals surface area contributed by atoms with Gasteiger partial charge in [0.15, 0.2) is 8.07 Å². The lowest BCUT2D eigenvalue weighted by molar-refractivity contribution is 0.851. The van der Waals surface area contributed by atoms with E-state index < -0.39 is 16.1 Å². The molecule has 1 unspecified atom stereocenters. The quantitative estimate of drug-likeness (QED) is 0.248. The zero-order valence-electron chi connectivity index (χ0n) is 25.3. The fourth-order valence-electron chi connectivity index (χ4n) is 6.58. The van der Waals surface area contributed by atoms with Crippen LogP contribution in [-0.2, 0) is 0 Å². The molecule has 0 fully saturated rings. The van der Waals surface area contributed by atoms with Crippen molar-refractivity contribution in [2.75, 3.05) is 0 Å². The SMILES string of the molecule is CC1=C(C)C(C)C([Si](c2cc(C)cc([Si](C)(C)C)c2)(c2cc(C)ccc2C)c2cc(C)ccc2C)=C1C. The maximum absolute atomic E-state index is 2.64. The van der Waals surface area contributed by atoms with Crippen LogP contribution in [0.15, 0.2) is 76.5 Å².